The Kier molecular flexibility index (Phi) is 5.94. The molecule has 3 rings (SSSR count). The average Bonchev–Trinajstić information content (AvgIpc) is 3.09. The molecule has 1 fully saturated rings. The summed E-state index contributed by atoms with van der Waals surface area (Å²) >= 11 is 11.2. The molecule has 0 aromatic heterocycles. The normalized spacial score (nSPS) is 14.4. The first-order chi connectivity index (χ1) is 11.7. The lowest BCUT2D eigenvalue weighted by Gasteiger charge is -2.14. The van der Waals surface area contributed by atoms with Gasteiger partial charge in [-0.3, -0.25) is 0 Å². The highest BCUT2D eigenvalue weighted by molar-refractivity contribution is 7.80. The number of nitrogens with one attached hydrogen (secondary N) is 2. The van der Waals surface area contributed by atoms with Crippen LogP contribution in [0.1, 0.15) is 31.2 Å². The minimum absolute atomic E-state index is 0.380. The van der Waals surface area contributed by atoms with E-state index < -0.39 is 0 Å². The van der Waals surface area contributed by atoms with Crippen LogP contribution < -0.4 is 15.4 Å². The molecule has 0 radical (unpaired) electrons. The van der Waals surface area contributed by atoms with Gasteiger partial charge in [-0.25, -0.2) is 0 Å². The molecule has 2 aromatic rings. The van der Waals surface area contributed by atoms with Crippen molar-refractivity contribution >= 4 is 34.6 Å². The quantitative estimate of drug-likeness (QED) is 0.722. The van der Waals surface area contributed by atoms with Gasteiger partial charge in [-0.1, -0.05) is 23.7 Å². The van der Waals surface area contributed by atoms with Gasteiger partial charge in [0.25, 0.3) is 0 Å². The lowest BCUT2D eigenvalue weighted by atomic mass is 10.2. The third-order valence-electron chi connectivity index (χ3n) is 4.08. The smallest absolute Gasteiger partial charge is 0.171 e. The first kappa shape index (κ1) is 17.1. The van der Waals surface area contributed by atoms with Crippen molar-refractivity contribution in [2.45, 2.75) is 38.3 Å². The van der Waals surface area contributed by atoms with Crippen LogP contribution in [-0.2, 0) is 6.54 Å². The SMILES string of the molecule is S=C(NCc1ccc(Cl)cc1)Nc1ccc(OC2CCCC2)cc1. The monoisotopic (exact) mass is 360 g/mol. The summed E-state index contributed by atoms with van der Waals surface area (Å²) in [5.74, 6) is 0.924. The summed E-state index contributed by atoms with van der Waals surface area (Å²) in [4.78, 5) is 0. The Balaban J connectivity index is 1.46. The highest BCUT2D eigenvalue weighted by atomic mass is 35.5. The summed E-state index contributed by atoms with van der Waals surface area (Å²) < 4.78 is 5.96. The Morgan fingerprint density at radius 2 is 1.71 bits per heavy atom. The van der Waals surface area contributed by atoms with Crippen molar-refractivity contribution in [3.8, 4) is 5.75 Å². The summed E-state index contributed by atoms with van der Waals surface area (Å²) in [5, 5.41) is 7.70. The summed E-state index contributed by atoms with van der Waals surface area (Å²) in [6.07, 6.45) is 5.26. The average molecular weight is 361 g/mol. The predicted molar refractivity (Wildman–Crippen MR) is 104 cm³/mol. The van der Waals surface area contributed by atoms with E-state index in [-0.39, 0.29) is 0 Å². The van der Waals surface area contributed by atoms with Crippen LogP contribution in [0.25, 0.3) is 0 Å². The molecule has 0 atom stereocenters. The molecule has 0 spiro atoms. The van der Waals surface area contributed by atoms with Crippen LogP contribution in [0.4, 0.5) is 5.69 Å². The number of thiocarbonyl (C=S) groups is 1. The molecule has 0 heterocycles. The van der Waals surface area contributed by atoms with Crippen LogP contribution in [0.5, 0.6) is 5.75 Å². The van der Waals surface area contributed by atoms with E-state index in [1.54, 1.807) is 0 Å². The van der Waals surface area contributed by atoms with Crippen LogP contribution in [0.2, 0.25) is 5.02 Å². The topological polar surface area (TPSA) is 33.3 Å². The molecule has 126 valence electrons. The Labute approximate surface area is 153 Å². The van der Waals surface area contributed by atoms with Crippen molar-refractivity contribution in [3.63, 3.8) is 0 Å². The molecule has 0 amide bonds. The van der Waals surface area contributed by atoms with Gasteiger partial charge < -0.3 is 15.4 Å². The van der Waals surface area contributed by atoms with Gasteiger partial charge in [-0.15, -0.1) is 0 Å². The maximum Gasteiger partial charge on any atom is 0.171 e. The second-order valence-electron chi connectivity index (χ2n) is 5.98. The van der Waals surface area contributed by atoms with Crippen molar-refractivity contribution in [1.82, 2.24) is 5.32 Å². The van der Waals surface area contributed by atoms with Gasteiger partial charge in [-0.2, -0.15) is 0 Å². The largest absolute Gasteiger partial charge is 0.490 e. The van der Waals surface area contributed by atoms with Crippen molar-refractivity contribution < 1.29 is 4.74 Å². The highest BCUT2D eigenvalue weighted by Crippen LogP contribution is 2.25. The minimum atomic E-state index is 0.380. The molecule has 2 N–H and O–H groups in total. The molecular weight excluding hydrogens is 340 g/mol. The Morgan fingerprint density at radius 3 is 2.38 bits per heavy atom. The zero-order chi connectivity index (χ0) is 16.8. The van der Waals surface area contributed by atoms with Crippen molar-refractivity contribution in [3.05, 3.63) is 59.1 Å². The second-order valence-corrected chi connectivity index (χ2v) is 6.83. The number of ether oxygens (including phenoxy) is 1. The fourth-order valence-corrected chi connectivity index (χ4v) is 3.09. The number of hydrogen-bond donors (Lipinski definition) is 2. The summed E-state index contributed by atoms with van der Waals surface area (Å²) in [5.41, 5.74) is 2.08. The van der Waals surface area contributed by atoms with Gasteiger partial charge >= 0.3 is 0 Å². The first-order valence-electron chi connectivity index (χ1n) is 8.25. The van der Waals surface area contributed by atoms with E-state index in [2.05, 4.69) is 10.6 Å². The number of hydrogen-bond acceptors (Lipinski definition) is 2. The van der Waals surface area contributed by atoms with Crippen LogP contribution in [0, 0.1) is 0 Å². The van der Waals surface area contributed by atoms with E-state index >= 15 is 0 Å². The van der Waals surface area contributed by atoms with Crippen molar-refractivity contribution in [2.75, 3.05) is 5.32 Å². The van der Waals surface area contributed by atoms with Gasteiger partial charge in [0.05, 0.1) is 6.10 Å². The Hall–Kier alpha value is -1.78. The summed E-state index contributed by atoms with van der Waals surface area (Å²) in [6.45, 7) is 0.659. The molecule has 0 saturated heterocycles. The number of anilines is 1. The molecule has 1 aliphatic carbocycles. The number of rotatable bonds is 5. The lowest BCUT2D eigenvalue weighted by molar-refractivity contribution is 0.210. The van der Waals surface area contributed by atoms with Gasteiger partial charge in [0.15, 0.2) is 5.11 Å². The Bertz CT molecular complexity index is 667. The summed E-state index contributed by atoms with van der Waals surface area (Å²) in [7, 11) is 0. The molecule has 5 heteroatoms. The fraction of sp³-hybridized carbons (Fsp3) is 0.316. The van der Waals surface area contributed by atoms with Crippen LogP contribution in [0.3, 0.4) is 0 Å². The van der Waals surface area contributed by atoms with Crippen LogP contribution in [0.15, 0.2) is 48.5 Å². The van der Waals surface area contributed by atoms with E-state index in [0.29, 0.717) is 17.8 Å². The molecule has 2 aromatic carbocycles. The third-order valence-corrected chi connectivity index (χ3v) is 4.58. The third kappa shape index (κ3) is 5.11. The summed E-state index contributed by atoms with van der Waals surface area (Å²) in [6, 6.07) is 15.7. The maximum absolute atomic E-state index is 5.96. The van der Waals surface area contributed by atoms with Crippen molar-refractivity contribution in [2.24, 2.45) is 0 Å². The lowest BCUT2D eigenvalue weighted by Crippen LogP contribution is -2.27. The number of halogens is 1. The predicted octanol–water partition coefficient (Wildman–Crippen LogP) is 5.15. The van der Waals surface area contributed by atoms with Gasteiger partial charge in [0.1, 0.15) is 5.75 Å². The van der Waals surface area contributed by atoms with E-state index in [4.69, 9.17) is 28.6 Å². The molecule has 24 heavy (non-hydrogen) atoms. The standard InChI is InChI=1S/C19H21ClN2OS/c20-15-7-5-14(6-8-15)13-21-19(24)22-16-9-11-18(12-10-16)23-17-3-1-2-4-17/h5-12,17H,1-4,13H2,(H2,21,22,24). The van der Waals surface area contributed by atoms with Crippen molar-refractivity contribution in [1.29, 1.82) is 0 Å². The number of benzene rings is 2. The Morgan fingerprint density at radius 1 is 1.04 bits per heavy atom. The van der Waals surface area contributed by atoms with E-state index in [1.165, 1.54) is 25.7 Å². The zero-order valence-corrected chi connectivity index (χ0v) is 15.0. The zero-order valence-electron chi connectivity index (χ0n) is 13.4. The van der Waals surface area contributed by atoms with E-state index in [0.717, 1.165) is 22.0 Å². The minimum Gasteiger partial charge on any atom is -0.490 e. The van der Waals surface area contributed by atoms with Gasteiger partial charge in [0, 0.05) is 17.3 Å². The molecule has 1 saturated carbocycles. The van der Waals surface area contributed by atoms with E-state index in [9.17, 15) is 0 Å². The van der Waals surface area contributed by atoms with E-state index in [1.807, 2.05) is 48.5 Å². The molecule has 1 aliphatic rings. The molecule has 0 bridgehead atoms. The first-order valence-corrected chi connectivity index (χ1v) is 9.04. The molecule has 0 aliphatic heterocycles. The second kappa shape index (κ2) is 8.36. The molecular formula is C19H21ClN2OS. The molecule has 0 unspecified atom stereocenters. The van der Waals surface area contributed by atoms with Gasteiger partial charge in [-0.05, 0) is 79.9 Å². The fourth-order valence-electron chi connectivity index (χ4n) is 2.78. The van der Waals surface area contributed by atoms with Crippen LogP contribution in [-0.4, -0.2) is 11.2 Å². The van der Waals surface area contributed by atoms with Gasteiger partial charge in [0.2, 0.25) is 0 Å². The maximum atomic E-state index is 5.96. The molecule has 3 nitrogen and oxygen atoms in total. The van der Waals surface area contributed by atoms with Crippen LogP contribution >= 0.6 is 23.8 Å². The highest BCUT2D eigenvalue weighted by Gasteiger charge is 2.16.